The van der Waals surface area contributed by atoms with E-state index >= 15 is 0 Å². The highest BCUT2D eigenvalue weighted by atomic mass is 16.5. The van der Waals surface area contributed by atoms with Gasteiger partial charge in [-0.3, -0.25) is 10.1 Å². The summed E-state index contributed by atoms with van der Waals surface area (Å²) >= 11 is 0. The molecule has 0 unspecified atom stereocenters. The van der Waals surface area contributed by atoms with Gasteiger partial charge in [-0.15, -0.1) is 0 Å². The van der Waals surface area contributed by atoms with Gasteiger partial charge in [0, 0.05) is 24.8 Å². The van der Waals surface area contributed by atoms with Crippen molar-refractivity contribution in [1.29, 1.82) is 0 Å². The average Bonchev–Trinajstić information content (AvgIpc) is 2.68. The van der Waals surface area contributed by atoms with Gasteiger partial charge in [0.05, 0.1) is 6.61 Å². The Bertz CT molecular complexity index is 951. The van der Waals surface area contributed by atoms with Gasteiger partial charge in [-0.25, -0.2) is 4.79 Å². The van der Waals surface area contributed by atoms with Gasteiger partial charge in [0.15, 0.2) is 0 Å². The van der Waals surface area contributed by atoms with Gasteiger partial charge in [0.2, 0.25) is 0 Å². The van der Waals surface area contributed by atoms with Crippen molar-refractivity contribution in [2.24, 2.45) is 0 Å². The van der Waals surface area contributed by atoms with Crippen molar-refractivity contribution < 1.29 is 14.3 Å². The highest BCUT2D eigenvalue weighted by molar-refractivity contribution is 5.95. The fourth-order valence-corrected chi connectivity index (χ4v) is 2.88. The first-order valence-corrected chi connectivity index (χ1v) is 8.84. The van der Waals surface area contributed by atoms with Crippen molar-refractivity contribution in [3.63, 3.8) is 0 Å². The van der Waals surface area contributed by atoms with Crippen LogP contribution in [0.2, 0.25) is 0 Å². The number of rotatable bonds is 5. The summed E-state index contributed by atoms with van der Waals surface area (Å²) in [4.78, 5) is 25.8. The molecule has 138 valence electrons. The van der Waals surface area contributed by atoms with Crippen LogP contribution in [0.15, 0.2) is 66.7 Å². The van der Waals surface area contributed by atoms with E-state index in [0.717, 1.165) is 10.9 Å². The van der Waals surface area contributed by atoms with Gasteiger partial charge >= 0.3 is 6.09 Å². The average molecular weight is 362 g/mol. The number of fused-ring (bicyclic) bond motifs is 1. The molecule has 0 heterocycles. The van der Waals surface area contributed by atoms with Crippen molar-refractivity contribution in [3.05, 3.63) is 77.9 Å². The molecule has 1 N–H and O–H groups in total. The monoisotopic (exact) mass is 362 g/mol. The lowest BCUT2D eigenvalue weighted by Crippen LogP contribution is -2.26. The molecule has 0 bridgehead atoms. The first-order chi connectivity index (χ1) is 13.1. The van der Waals surface area contributed by atoms with E-state index in [4.69, 9.17) is 4.74 Å². The zero-order valence-corrected chi connectivity index (χ0v) is 15.4. The minimum absolute atomic E-state index is 0.0779. The lowest BCUT2D eigenvalue weighted by Gasteiger charge is -2.18. The smallest absolute Gasteiger partial charge is 0.411 e. The van der Waals surface area contributed by atoms with Gasteiger partial charge in [-0.1, -0.05) is 36.4 Å². The molecule has 27 heavy (non-hydrogen) atoms. The Morgan fingerprint density at radius 2 is 1.67 bits per heavy atom. The first-order valence-electron chi connectivity index (χ1n) is 8.84. The van der Waals surface area contributed by atoms with Crippen molar-refractivity contribution in [2.75, 3.05) is 19.0 Å². The topological polar surface area (TPSA) is 58.6 Å². The summed E-state index contributed by atoms with van der Waals surface area (Å²) in [7, 11) is 1.78. The molecule has 0 spiro atoms. The highest BCUT2D eigenvalue weighted by Crippen LogP contribution is 2.18. The van der Waals surface area contributed by atoms with Crippen molar-refractivity contribution in [1.82, 2.24) is 4.90 Å². The summed E-state index contributed by atoms with van der Waals surface area (Å²) in [6, 6.07) is 21.1. The zero-order valence-electron chi connectivity index (χ0n) is 15.4. The van der Waals surface area contributed by atoms with E-state index in [1.807, 2.05) is 18.2 Å². The van der Waals surface area contributed by atoms with E-state index in [0.29, 0.717) is 24.4 Å². The van der Waals surface area contributed by atoms with Gasteiger partial charge in [0.1, 0.15) is 0 Å². The van der Waals surface area contributed by atoms with Crippen LogP contribution < -0.4 is 5.32 Å². The SMILES string of the molecule is CCOC(=O)Nc1ccc(C(=O)N(C)Cc2ccc3ccccc3c2)cc1. The Balaban J connectivity index is 1.66. The number of hydrogen-bond donors (Lipinski definition) is 1. The number of hydrogen-bond acceptors (Lipinski definition) is 3. The van der Waals surface area contributed by atoms with Crippen LogP contribution in [0.25, 0.3) is 10.8 Å². The number of carbonyl (C=O) groups is 2. The fourth-order valence-electron chi connectivity index (χ4n) is 2.88. The molecule has 5 heteroatoms. The van der Waals surface area contributed by atoms with Crippen molar-refractivity contribution in [3.8, 4) is 0 Å². The Labute approximate surface area is 158 Å². The van der Waals surface area contributed by atoms with E-state index in [2.05, 4.69) is 29.6 Å². The third-order valence-corrected chi connectivity index (χ3v) is 4.23. The molecule has 3 aromatic carbocycles. The van der Waals surface area contributed by atoms with Crippen LogP contribution in [-0.4, -0.2) is 30.6 Å². The van der Waals surface area contributed by atoms with E-state index in [-0.39, 0.29) is 5.91 Å². The maximum Gasteiger partial charge on any atom is 0.411 e. The Morgan fingerprint density at radius 3 is 2.37 bits per heavy atom. The van der Waals surface area contributed by atoms with Crippen LogP contribution in [0.3, 0.4) is 0 Å². The summed E-state index contributed by atoms with van der Waals surface area (Å²) in [6.45, 7) is 2.57. The maximum atomic E-state index is 12.7. The van der Waals surface area contributed by atoms with Gasteiger partial charge < -0.3 is 9.64 Å². The number of benzene rings is 3. The predicted octanol–water partition coefficient (Wildman–Crippen LogP) is 4.68. The van der Waals surface area contributed by atoms with Gasteiger partial charge in [0.25, 0.3) is 5.91 Å². The minimum Gasteiger partial charge on any atom is -0.450 e. The molecule has 3 rings (SSSR count). The first kappa shape index (κ1) is 18.5. The molecule has 0 aromatic heterocycles. The standard InChI is InChI=1S/C22H22N2O3/c1-3-27-22(26)23-20-12-10-18(11-13-20)21(25)24(2)15-16-8-9-17-6-4-5-7-19(17)14-16/h4-14H,3,15H2,1-2H3,(H,23,26). The molecule has 3 aromatic rings. The largest absolute Gasteiger partial charge is 0.450 e. The van der Waals surface area contributed by atoms with Crippen LogP contribution in [0, 0.1) is 0 Å². The second kappa shape index (κ2) is 8.36. The van der Waals surface area contributed by atoms with Crippen LogP contribution in [-0.2, 0) is 11.3 Å². The third-order valence-electron chi connectivity index (χ3n) is 4.23. The lowest BCUT2D eigenvalue weighted by molar-refractivity contribution is 0.0785. The number of anilines is 1. The van der Waals surface area contributed by atoms with Gasteiger partial charge in [-0.2, -0.15) is 0 Å². The third kappa shape index (κ3) is 4.64. The molecule has 0 fully saturated rings. The van der Waals surface area contributed by atoms with Gasteiger partial charge in [-0.05, 0) is 53.6 Å². The number of ether oxygens (including phenoxy) is 1. The Morgan fingerprint density at radius 1 is 0.963 bits per heavy atom. The number of nitrogens with one attached hydrogen (secondary N) is 1. The number of amides is 2. The summed E-state index contributed by atoms with van der Waals surface area (Å²) in [5.74, 6) is -0.0779. The predicted molar refractivity (Wildman–Crippen MR) is 107 cm³/mol. The Hall–Kier alpha value is -3.34. The van der Waals surface area contributed by atoms with Crippen LogP contribution in [0.4, 0.5) is 10.5 Å². The van der Waals surface area contributed by atoms with Crippen molar-refractivity contribution >= 4 is 28.5 Å². The second-order valence-corrected chi connectivity index (χ2v) is 6.27. The van der Waals surface area contributed by atoms with Crippen LogP contribution >= 0.6 is 0 Å². The quantitative estimate of drug-likeness (QED) is 0.717. The molecule has 0 aliphatic carbocycles. The summed E-state index contributed by atoms with van der Waals surface area (Å²) < 4.78 is 4.83. The molecule has 0 radical (unpaired) electrons. The molecule has 0 aliphatic heterocycles. The van der Waals surface area contributed by atoms with E-state index in [1.54, 1.807) is 43.1 Å². The zero-order chi connectivity index (χ0) is 19.2. The lowest BCUT2D eigenvalue weighted by atomic mass is 10.1. The van der Waals surface area contributed by atoms with E-state index < -0.39 is 6.09 Å². The van der Waals surface area contributed by atoms with Crippen molar-refractivity contribution in [2.45, 2.75) is 13.5 Å². The Kier molecular flexibility index (Phi) is 5.71. The van der Waals surface area contributed by atoms with E-state index in [1.165, 1.54) is 5.39 Å². The fraction of sp³-hybridized carbons (Fsp3) is 0.182. The number of carbonyl (C=O) groups excluding carboxylic acids is 2. The number of nitrogens with zero attached hydrogens (tertiary/aromatic N) is 1. The molecule has 2 amide bonds. The molecule has 0 atom stereocenters. The molecule has 0 aliphatic rings. The molecular formula is C22H22N2O3. The summed E-state index contributed by atoms with van der Waals surface area (Å²) in [5.41, 5.74) is 2.22. The summed E-state index contributed by atoms with van der Waals surface area (Å²) in [6.07, 6.45) is -0.509. The van der Waals surface area contributed by atoms with Crippen LogP contribution in [0.1, 0.15) is 22.8 Å². The second-order valence-electron chi connectivity index (χ2n) is 6.27. The molecule has 0 saturated heterocycles. The maximum absolute atomic E-state index is 12.7. The summed E-state index contributed by atoms with van der Waals surface area (Å²) in [5, 5.41) is 4.95. The minimum atomic E-state index is -0.509. The van der Waals surface area contributed by atoms with Crippen LogP contribution in [0.5, 0.6) is 0 Å². The molecule has 0 saturated carbocycles. The van der Waals surface area contributed by atoms with E-state index in [9.17, 15) is 9.59 Å². The highest BCUT2D eigenvalue weighted by Gasteiger charge is 2.13. The normalized spacial score (nSPS) is 10.4. The molecular weight excluding hydrogens is 340 g/mol. The molecule has 5 nitrogen and oxygen atoms in total.